The summed E-state index contributed by atoms with van der Waals surface area (Å²) >= 11 is 4.93. The average Bonchev–Trinajstić information content (AvgIpc) is 2.31. The minimum atomic E-state index is 0.637. The van der Waals surface area contributed by atoms with Crippen LogP contribution in [0.3, 0.4) is 0 Å². The molecule has 1 aliphatic rings. The lowest BCUT2D eigenvalue weighted by Crippen LogP contribution is -2.39. The van der Waals surface area contributed by atoms with Crippen molar-refractivity contribution in [1.82, 2.24) is 9.80 Å². The Balaban J connectivity index is 2.23. The zero-order valence-corrected chi connectivity index (χ0v) is 12.1. The number of likely N-dealkylation sites (tertiary alicyclic amines) is 1. The first kappa shape index (κ1) is 14.9. The monoisotopic (exact) mass is 257 g/mol. The van der Waals surface area contributed by atoms with Gasteiger partial charge in [0, 0.05) is 19.0 Å². The van der Waals surface area contributed by atoms with Gasteiger partial charge < -0.3 is 15.5 Å². The number of thiocarbonyl (C=S) groups is 1. The molecule has 0 aromatic heterocycles. The standard InChI is InChI=1S/C13H27N3S/c1-3-16(11-8-13(14)17)10-7-12-6-4-5-9-15(12)2/h12H,3-11H2,1-2H3,(H2,14,17). The molecule has 1 aliphatic heterocycles. The second-order valence-corrected chi connectivity index (χ2v) is 5.59. The van der Waals surface area contributed by atoms with Crippen LogP contribution in [0.1, 0.15) is 39.0 Å². The van der Waals surface area contributed by atoms with E-state index in [1.807, 2.05) is 0 Å². The second-order valence-electron chi connectivity index (χ2n) is 5.07. The number of rotatable bonds is 7. The summed E-state index contributed by atoms with van der Waals surface area (Å²) in [6, 6.07) is 0.780. The maximum atomic E-state index is 5.55. The summed E-state index contributed by atoms with van der Waals surface area (Å²) in [5, 5.41) is 0. The van der Waals surface area contributed by atoms with Crippen LogP contribution < -0.4 is 5.73 Å². The van der Waals surface area contributed by atoms with Crippen LogP contribution >= 0.6 is 12.2 Å². The SMILES string of the molecule is CCN(CCC(N)=S)CCC1CCCCN1C. The van der Waals surface area contributed by atoms with Crippen molar-refractivity contribution in [2.45, 2.75) is 45.1 Å². The first-order chi connectivity index (χ1) is 8.13. The van der Waals surface area contributed by atoms with Crippen LogP contribution in [0.15, 0.2) is 0 Å². The van der Waals surface area contributed by atoms with Gasteiger partial charge in [-0.1, -0.05) is 25.6 Å². The summed E-state index contributed by atoms with van der Waals surface area (Å²) in [6.45, 7) is 6.77. The molecule has 1 atom stereocenters. The quantitative estimate of drug-likeness (QED) is 0.706. The van der Waals surface area contributed by atoms with E-state index >= 15 is 0 Å². The molecule has 0 radical (unpaired) electrons. The number of hydrogen-bond donors (Lipinski definition) is 1. The van der Waals surface area contributed by atoms with Gasteiger partial charge in [-0.05, 0) is 45.9 Å². The third kappa shape index (κ3) is 5.80. The van der Waals surface area contributed by atoms with Crippen LogP contribution in [0.5, 0.6) is 0 Å². The molecule has 1 fully saturated rings. The van der Waals surface area contributed by atoms with Crippen molar-refractivity contribution >= 4 is 17.2 Å². The van der Waals surface area contributed by atoms with Crippen LogP contribution in [0.2, 0.25) is 0 Å². The van der Waals surface area contributed by atoms with Gasteiger partial charge in [0.2, 0.25) is 0 Å². The molecule has 3 nitrogen and oxygen atoms in total. The molecule has 0 aromatic rings. The van der Waals surface area contributed by atoms with E-state index in [9.17, 15) is 0 Å². The highest BCUT2D eigenvalue weighted by molar-refractivity contribution is 7.80. The molecule has 0 saturated carbocycles. The third-order valence-corrected chi connectivity index (χ3v) is 4.03. The lowest BCUT2D eigenvalue weighted by atomic mass is 10.00. The van der Waals surface area contributed by atoms with Gasteiger partial charge in [0.05, 0.1) is 4.99 Å². The molecule has 100 valence electrons. The van der Waals surface area contributed by atoms with Gasteiger partial charge >= 0.3 is 0 Å². The van der Waals surface area contributed by atoms with E-state index in [0.717, 1.165) is 25.6 Å². The Labute approximate surface area is 111 Å². The molecule has 4 heteroatoms. The highest BCUT2D eigenvalue weighted by Gasteiger charge is 2.19. The second kappa shape index (κ2) is 8.01. The average molecular weight is 257 g/mol. The van der Waals surface area contributed by atoms with Crippen molar-refractivity contribution < 1.29 is 0 Å². The Morgan fingerprint density at radius 1 is 1.41 bits per heavy atom. The molecule has 0 bridgehead atoms. The summed E-state index contributed by atoms with van der Waals surface area (Å²) in [5.41, 5.74) is 5.55. The molecule has 1 unspecified atom stereocenters. The van der Waals surface area contributed by atoms with Gasteiger partial charge in [-0.3, -0.25) is 0 Å². The van der Waals surface area contributed by atoms with Crippen molar-refractivity contribution in [3.05, 3.63) is 0 Å². The molecule has 0 amide bonds. The summed E-state index contributed by atoms with van der Waals surface area (Å²) in [5.74, 6) is 0. The van der Waals surface area contributed by atoms with E-state index in [1.165, 1.54) is 38.8 Å². The normalized spacial score (nSPS) is 21.9. The lowest BCUT2D eigenvalue weighted by Gasteiger charge is -2.34. The number of hydrogen-bond acceptors (Lipinski definition) is 3. The first-order valence-electron chi connectivity index (χ1n) is 6.84. The highest BCUT2D eigenvalue weighted by Crippen LogP contribution is 2.18. The van der Waals surface area contributed by atoms with E-state index in [1.54, 1.807) is 0 Å². The van der Waals surface area contributed by atoms with E-state index in [0.29, 0.717) is 4.99 Å². The summed E-state index contributed by atoms with van der Waals surface area (Å²) < 4.78 is 0. The van der Waals surface area contributed by atoms with E-state index in [4.69, 9.17) is 18.0 Å². The van der Waals surface area contributed by atoms with Crippen molar-refractivity contribution in [3.63, 3.8) is 0 Å². The Hall–Kier alpha value is -0.190. The number of nitrogens with zero attached hydrogens (tertiary/aromatic N) is 2. The van der Waals surface area contributed by atoms with E-state index < -0.39 is 0 Å². The summed E-state index contributed by atoms with van der Waals surface area (Å²) in [4.78, 5) is 5.62. The van der Waals surface area contributed by atoms with Gasteiger partial charge in [0.15, 0.2) is 0 Å². The Kier molecular flexibility index (Phi) is 7.00. The summed E-state index contributed by atoms with van der Waals surface area (Å²) in [6.07, 6.45) is 6.26. The molecule has 0 spiro atoms. The van der Waals surface area contributed by atoms with E-state index in [2.05, 4.69) is 23.8 Å². The van der Waals surface area contributed by atoms with Crippen LogP contribution in [0.25, 0.3) is 0 Å². The Morgan fingerprint density at radius 3 is 2.76 bits per heavy atom. The predicted octanol–water partition coefficient (Wildman–Crippen LogP) is 1.86. The number of piperidine rings is 1. The summed E-state index contributed by atoms with van der Waals surface area (Å²) in [7, 11) is 2.26. The van der Waals surface area contributed by atoms with Gasteiger partial charge in [-0.15, -0.1) is 0 Å². The van der Waals surface area contributed by atoms with Crippen LogP contribution in [-0.4, -0.2) is 54.1 Å². The van der Waals surface area contributed by atoms with Crippen molar-refractivity contribution in [2.75, 3.05) is 33.2 Å². The molecule has 17 heavy (non-hydrogen) atoms. The highest BCUT2D eigenvalue weighted by atomic mass is 32.1. The largest absolute Gasteiger partial charge is 0.393 e. The molecule has 1 saturated heterocycles. The van der Waals surface area contributed by atoms with Gasteiger partial charge in [-0.2, -0.15) is 0 Å². The Bertz CT molecular complexity index is 233. The van der Waals surface area contributed by atoms with Crippen LogP contribution in [-0.2, 0) is 0 Å². The van der Waals surface area contributed by atoms with Gasteiger partial charge in [0.1, 0.15) is 0 Å². The molecule has 2 N–H and O–H groups in total. The minimum absolute atomic E-state index is 0.637. The third-order valence-electron chi connectivity index (χ3n) is 3.82. The zero-order chi connectivity index (χ0) is 12.7. The molecular formula is C13H27N3S. The number of nitrogens with two attached hydrogens (primary N) is 1. The molecule has 0 aliphatic carbocycles. The fourth-order valence-electron chi connectivity index (χ4n) is 2.54. The molecule has 1 heterocycles. The Morgan fingerprint density at radius 2 is 2.18 bits per heavy atom. The van der Waals surface area contributed by atoms with Crippen molar-refractivity contribution in [1.29, 1.82) is 0 Å². The molecule has 0 aromatic carbocycles. The predicted molar refractivity (Wildman–Crippen MR) is 78.4 cm³/mol. The zero-order valence-electron chi connectivity index (χ0n) is 11.3. The van der Waals surface area contributed by atoms with Crippen LogP contribution in [0.4, 0.5) is 0 Å². The van der Waals surface area contributed by atoms with Crippen LogP contribution in [0, 0.1) is 0 Å². The molecule has 1 rings (SSSR count). The first-order valence-corrected chi connectivity index (χ1v) is 7.25. The fraction of sp³-hybridized carbons (Fsp3) is 0.923. The van der Waals surface area contributed by atoms with E-state index in [-0.39, 0.29) is 0 Å². The maximum Gasteiger partial charge on any atom is 0.0740 e. The van der Waals surface area contributed by atoms with Crippen molar-refractivity contribution in [2.24, 2.45) is 5.73 Å². The van der Waals surface area contributed by atoms with Gasteiger partial charge in [-0.25, -0.2) is 0 Å². The minimum Gasteiger partial charge on any atom is -0.393 e. The maximum absolute atomic E-state index is 5.55. The van der Waals surface area contributed by atoms with Gasteiger partial charge in [0.25, 0.3) is 0 Å². The molecular weight excluding hydrogens is 230 g/mol. The topological polar surface area (TPSA) is 32.5 Å². The lowest BCUT2D eigenvalue weighted by molar-refractivity contribution is 0.156. The smallest absolute Gasteiger partial charge is 0.0740 e. The fourth-order valence-corrected chi connectivity index (χ4v) is 2.63. The van der Waals surface area contributed by atoms with Crippen molar-refractivity contribution in [3.8, 4) is 0 Å².